The highest BCUT2D eigenvalue weighted by Crippen LogP contribution is 2.70. The first-order valence-corrected chi connectivity index (χ1v) is 13.0. The van der Waals surface area contributed by atoms with Gasteiger partial charge in [-0.05, 0) is 85.0 Å². The molecule has 1 aromatic carbocycles. The monoisotopic (exact) mass is 484 g/mol. The van der Waals surface area contributed by atoms with Crippen molar-refractivity contribution in [1.82, 2.24) is 10.2 Å². The molecule has 0 aromatic heterocycles. The topological polar surface area (TPSA) is 69.6 Å². The molecule has 4 aliphatic carbocycles. The van der Waals surface area contributed by atoms with Gasteiger partial charge in [-0.3, -0.25) is 9.69 Å². The maximum absolute atomic E-state index is 13.4. The van der Waals surface area contributed by atoms with Crippen LogP contribution < -0.4 is 5.32 Å². The first kappa shape index (κ1) is 23.7. The van der Waals surface area contributed by atoms with Crippen LogP contribution in [0, 0.1) is 22.7 Å². The highest BCUT2D eigenvalue weighted by Gasteiger charge is 2.75. The van der Waals surface area contributed by atoms with Crippen LogP contribution >= 0.6 is 11.6 Å². The molecule has 2 N–H and O–H groups in total. The number of rotatable bonds is 6. The quantitative estimate of drug-likeness (QED) is 0.473. The number of hydrogen-bond acceptors (Lipinski definition) is 2. The molecule has 1 aliphatic heterocycles. The van der Waals surface area contributed by atoms with Gasteiger partial charge >= 0.3 is 12.0 Å². The Morgan fingerprint density at radius 1 is 1.29 bits per heavy atom. The van der Waals surface area contributed by atoms with Crippen molar-refractivity contribution in [2.45, 2.75) is 90.6 Å². The van der Waals surface area contributed by atoms with E-state index in [1.54, 1.807) is 4.90 Å². The van der Waals surface area contributed by atoms with Crippen molar-refractivity contribution in [3.63, 3.8) is 0 Å². The van der Waals surface area contributed by atoms with Gasteiger partial charge in [0.25, 0.3) is 0 Å². The lowest BCUT2D eigenvalue weighted by molar-refractivity contribution is -0.215. The van der Waals surface area contributed by atoms with E-state index in [0.29, 0.717) is 31.1 Å². The number of carboxylic acids is 1. The van der Waals surface area contributed by atoms with Gasteiger partial charge in [0.1, 0.15) is 0 Å². The minimum absolute atomic E-state index is 0.150. The summed E-state index contributed by atoms with van der Waals surface area (Å²) in [5.41, 5.74) is 1.98. The molecule has 6 heteroatoms. The number of carbonyl (C=O) groups excluding carboxylic acids is 1. The number of carbonyl (C=O) groups is 2. The Balaban J connectivity index is 1.46. The molecule has 4 fully saturated rings. The van der Waals surface area contributed by atoms with Crippen molar-refractivity contribution in [2.24, 2.45) is 22.7 Å². The predicted molar refractivity (Wildman–Crippen MR) is 134 cm³/mol. The fourth-order valence-corrected chi connectivity index (χ4v) is 7.28. The number of hydrogen-bond donors (Lipinski definition) is 2. The first-order valence-electron chi connectivity index (χ1n) is 12.6. The Morgan fingerprint density at radius 3 is 2.44 bits per heavy atom. The predicted octanol–water partition coefficient (Wildman–Crippen LogP) is 6.67. The second-order valence-electron chi connectivity index (χ2n) is 12.7. The van der Waals surface area contributed by atoms with E-state index in [1.807, 2.05) is 12.3 Å². The molecule has 0 radical (unpaired) electrons. The summed E-state index contributed by atoms with van der Waals surface area (Å²) in [5, 5.41) is 13.6. The molecule has 34 heavy (non-hydrogen) atoms. The normalized spacial score (nSPS) is 37.2. The summed E-state index contributed by atoms with van der Waals surface area (Å²) < 4.78 is 0. The van der Waals surface area contributed by atoms with Crippen LogP contribution in [0.15, 0.2) is 30.0 Å². The van der Waals surface area contributed by atoms with Crippen molar-refractivity contribution in [1.29, 1.82) is 0 Å². The third-order valence-electron chi connectivity index (χ3n) is 9.41. The van der Waals surface area contributed by atoms with Gasteiger partial charge in [0.15, 0.2) is 0 Å². The molecule has 6 rings (SSSR count). The van der Waals surface area contributed by atoms with Crippen LogP contribution in [0.3, 0.4) is 0 Å². The molecule has 184 valence electrons. The number of aliphatic carboxylic acids is 1. The maximum Gasteiger partial charge on any atom is 0.322 e. The largest absolute Gasteiger partial charge is 0.481 e. The molecule has 1 heterocycles. The number of urea groups is 1. The summed E-state index contributed by atoms with van der Waals surface area (Å²) in [6.07, 6.45) is 5.76. The summed E-state index contributed by atoms with van der Waals surface area (Å²) in [5.74, 6) is 0.663. The van der Waals surface area contributed by atoms with Gasteiger partial charge in [-0.2, -0.15) is 0 Å². The lowest BCUT2D eigenvalue weighted by Crippen LogP contribution is -2.78. The molecule has 1 aromatic rings. The van der Waals surface area contributed by atoms with E-state index in [9.17, 15) is 14.7 Å². The van der Waals surface area contributed by atoms with Gasteiger partial charge in [-0.25, -0.2) is 4.79 Å². The molecular weight excluding hydrogens is 448 g/mol. The smallest absolute Gasteiger partial charge is 0.322 e. The number of benzene rings is 1. The van der Waals surface area contributed by atoms with Crippen molar-refractivity contribution in [3.8, 4) is 0 Å². The first-order chi connectivity index (χ1) is 15.8. The third-order valence-corrected chi connectivity index (χ3v) is 9.74. The Bertz CT molecular complexity index is 1080. The minimum Gasteiger partial charge on any atom is -0.481 e. The van der Waals surface area contributed by atoms with E-state index < -0.39 is 16.9 Å². The maximum atomic E-state index is 13.4. The van der Waals surface area contributed by atoms with Crippen LogP contribution in [-0.2, 0) is 10.3 Å². The van der Waals surface area contributed by atoms with E-state index in [2.05, 4.69) is 59.0 Å². The average molecular weight is 485 g/mol. The van der Waals surface area contributed by atoms with Crippen LogP contribution in [0.4, 0.5) is 4.79 Å². The van der Waals surface area contributed by atoms with Gasteiger partial charge in [0, 0.05) is 11.2 Å². The Kier molecular flexibility index (Phi) is 5.06. The molecule has 4 saturated carbocycles. The second-order valence-corrected chi connectivity index (χ2v) is 13.1. The zero-order chi connectivity index (χ0) is 24.8. The Morgan fingerprint density at radius 2 is 1.94 bits per heavy atom. The van der Waals surface area contributed by atoms with Crippen LogP contribution in [0.1, 0.15) is 90.7 Å². The molecule has 2 amide bonds. The van der Waals surface area contributed by atoms with Crippen molar-refractivity contribution in [3.05, 3.63) is 46.1 Å². The minimum atomic E-state index is -0.734. The van der Waals surface area contributed by atoms with Gasteiger partial charge < -0.3 is 10.4 Å². The fraction of sp³-hybridized carbons (Fsp3) is 0.643. The number of halogens is 1. The van der Waals surface area contributed by atoms with E-state index >= 15 is 0 Å². The highest BCUT2D eigenvalue weighted by atomic mass is 35.5. The Hall–Kier alpha value is -2.01. The number of nitrogens with zero attached hydrogens (tertiary/aromatic N) is 1. The molecule has 0 spiro atoms. The standard InChI is InChI=1S/C28H37ClN2O3/c1-7-16(2)21-12-31(28-13-27(14-28,15-28)23(32)33)24(34)30-26(21,6)17-8-9-18(22(29)10-17)19-11-20(19)25(3,4)5/h8-10,12,16,19-20H,7,11,13-15H2,1-6H3,(H,30,34)(H,32,33)/t16-,19?,20?,26-,27?,28?/m0/s1. The molecule has 0 saturated heterocycles. The molecule has 4 atom stereocenters. The highest BCUT2D eigenvalue weighted by molar-refractivity contribution is 6.31. The van der Waals surface area contributed by atoms with Crippen LogP contribution in [0.2, 0.25) is 5.02 Å². The third kappa shape index (κ3) is 3.26. The van der Waals surface area contributed by atoms with Gasteiger partial charge in [-0.15, -0.1) is 0 Å². The van der Waals surface area contributed by atoms with Gasteiger partial charge in [-0.1, -0.05) is 58.4 Å². The van der Waals surface area contributed by atoms with Gasteiger partial charge in [0.05, 0.1) is 16.5 Å². The molecule has 5 nitrogen and oxygen atoms in total. The zero-order valence-electron chi connectivity index (χ0n) is 21.2. The second kappa shape index (κ2) is 7.25. The average Bonchev–Trinajstić information content (AvgIpc) is 3.47. The number of amides is 2. The number of carboxylic acid groups (broad SMARTS) is 1. The fourth-order valence-electron chi connectivity index (χ4n) is 6.96. The van der Waals surface area contributed by atoms with Gasteiger partial charge in [0.2, 0.25) is 0 Å². The summed E-state index contributed by atoms with van der Waals surface area (Å²) in [4.78, 5) is 26.8. The lowest BCUT2D eigenvalue weighted by atomic mass is 9.38. The van der Waals surface area contributed by atoms with E-state index in [-0.39, 0.29) is 22.9 Å². The van der Waals surface area contributed by atoms with Crippen LogP contribution in [0.25, 0.3) is 0 Å². The summed E-state index contributed by atoms with van der Waals surface area (Å²) in [6, 6.07) is 6.18. The van der Waals surface area contributed by atoms with E-state index in [0.717, 1.165) is 22.6 Å². The molecular formula is C28H37ClN2O3. The lowest BCUT2D eigenvalue weighted by Gasteiger charge is -2.71. The molecule has 2 unspecified atom stereocenters. The summed E-state index contributed by atoms with van der Waals surface area (Å²) >= 11 is 6.84. The van der Waals surface area contributed by atoms with Crippen molar-refractivity contribution in [2.75, 3.05) is 0 Å². The van der Waals surface area contributed by atoms with Crippen molar-refractivity contribution >= 4 is 23.6 Å². The Labute approximate surface area is 207 Å². The summed E-state index contributed by atoms with van der Waals surface area (Å²) in [6.45, 7) is 13.3. The SMILES string of the molecule is CC[C@H](C)C1=CN(C23CC(C(=O)O)(C2)C3)C(=O)N[C@@]1(C)c1ccc(C2CC2C(C)(C)C)c(Cl)c1. The van der Waals surface area contributed by atoms with Crippen molar-refractivity contribution < 1.29 is 14.7 Å². The summed E-state index contributed by atoms with van der Waals surface area (Å²) in [7, 11) is 0. The zero-order valence-corrected chi connectivity index (χ0v) is 21.9. The molecule has 5 aliphatic rings. The van der Waals surface area contributed by atoms with Crippen LogP contribution in [-0.4, -0.2) is 27.5 Å². The van der Waals surface area contributed by atoms with E-state index in [4.69, 9.17) is 11.6 Å². The number of nitrogens with one attached hydrogen (secondary N) is 1. The molecule has 2 bridgehead atoms. The van der Waals surface area contributed by atoms with Crippen LogP contribution in [0.5, 0.6) is 0 Å². The van der Waals surface area contributed by atoms with E-state index in [1.165, 1.54) is 12.0 Å².